The predicted molar refractivity (Wildman–Crippen MR) is 120 cm³/mol. The van der Waals surface area contributed by atoms with Crippen LogP contribution in [0.3, 0.4) is 0 Å². The average molecular weight is 509 g/mol. The number of aryl methyl sites for hydroxylation is 2. The number of aromatic nitrogens is 5. The number of nitrogens with one attached hydrogen (secondary N) is 1. The van der Waals surface area contributed by atoms with E-state index in [9.17, 15) is 26.7 Å². The molecule has 4 rings (SSSR count). The van der Waals surface area contributed by atoms with Gasteiger partial charge in [0.05, 0.1) is 36.2 Å². The fourth-order valence-electron chi connectivity index (χ4n) is 4.31. The van der Waals surface area contributed by atoms with Gasteiger partial charge in [0.1, 0.15) is 5.82 Å². The van der Waals surface area contributed by atoms with E-state index in [-0.39, 0.29) is 18.1 Å². The zero-order valence-electron chi connectivity index (χ0n) is 19.7. The summed E-state index contributed by atoms with van der Waals surface area (Å²) in [7, 11) is 1.62. The summed E-state index contributed by atoms with van der Waals surface area (Å²) in [6.45, 7) is 2.62. The number of anilines is 1. The lowest BCUT2D eigenvalue weighted by Crippen LogP contribution is -2.57. The molecule has 0 spiro atoms. The van der Waals surface area contributed by atoms with Crippen LogP contribution < -0.4 is 5.32 Å². The first-order chi connectivity index (χ1) is 16.8. The molecule has 36 heavy (non-hydrogen) atoms. The molecule has 8 nitrogen and oxygen atoms in total. The molecule has 2 atom stereocenters. The fourth-order valence-corrected chi connectivity index (χ4v) is 4.31. The molecule has 0 saturated carbocycles. The summed E-state index contributed by atoms with van der Waals surface area (Å²) in [6.07, 6.45) is -0.399. The molecule has 4 heterocycles. The molecule has 3 aromatic rings. The summed E-state index contributed by atoms with van der Waals surface area (Å²) in [6, 6.07) is 2.85. The minimum Gasteiger partial charge on any atom is -0.367 e. The van der Waals surface area contributed by atoms with Crippen LogP contribution in [0.2, 0.25) is 0 Å². The Morgan fingerprint density at radius 3 is 2.61 bits per heavy atom. The molecule has 1 aliphatic rings. The zero-order chi connectivity index (χ0) is 26.3. The molecule has 0 radical (unpaired) electrons. The Hall–Kier alpha value is -3.64. The summed E-state index contributed by atoms with van der Waals surface area (Å²) < 4.78 is 68.8. The number of amides is 1. The van der Waals surface area contributed by atoms with E-state index in [1.165, 1.54) is 4.68 Å². The number of nitrogens with zero attached hydrogens (tertiary/aromatic N) is 6. The lowest BCUT2D eigenvalue weighted by atomic mass is 9.88. The van der Waals surface area contributed by atoms with Crippen molar-refractivity contribution in [1.82, 2.24) is 29.6 Å². The summed E-state index contributed by atoms with van der Waals surface area (Å²) in [5.41, 5.74) is 0.633. The van der Waals surface area contributed by atoms with Crippen LogP contribution in [-0.2, 0) is 13.2 Å². The van der Waals surface area contributed by atoms with E-state index in [2.05, 4.69) is 25.4 Å². The number of carbonyl (C=O) groups is 1. The Morgan fingerprint density at radius 2 is 1.97 bits per heavy atom. The van der Waals surface area contributed by atoms with Crippen molar-refractivity contribution >= 4 is 11.7 Å². The summed E-state index contributed by atoms with van der Waals surface area (Å²) >= 11 is 0. The van der Waals surface area contributed by atoms with E-state index in [0.29, 0.717) is 17.5 Å². The number of halogens is 5. The highest BCUT2D eigenvalue weighted by Crippen LogP contribution is 2.36. The monoisotopic (exact) mass is 509 g/mol. The smallest absolute Gasteiger partial charge is 0.367 e. The van der Waals surface area contributed by atoms with Crippen LogP contribution in [0, 0.1) is 12.8 Å². The highest BCUT2D eigenvalue weighted by molar-refractivity contribution is 5.98. The summed E-state index contributed by atoms with van der Waals surface area (Å²) in [5, 5.41) is 7.07. The summed E-state index contributed by atoms with van der Waals surface area (Å²) in [4.78, 5) is 26.0. The number of alkyl halides is 5. The molecular weight excluding hydrogens is 485 g/mol. The third-order valence-electron chi connectivity index (χ3n) is 6.00. The van der Waals surface area contributed by atoms with Gasteiger partial charge in [0.25, 0.3) is 11.8 Å². The van der Waals surface area contributed by atoms with Gasteiger partial charge >= 0.3 is 6.18 Å². The highest BCUT2D eigenvalue weighted by Gasteiger charge is 2.47. The van der Waals surface area contributed by atoms with E-state index in [4.69, 9.17) is 0 Å². The molecule has 0 aliphatic carbocycles. The van der Waals surface area contributed by atoms with E-state index in [1.54, 1.807) is 38.5 Å². The Kier molecular flexibility index (Phi) is 6.67. The van der Waals surface area contributed by atoms with Gasteiger partial charge < -0.3 is 10.2 Å². The van der Waals surface area contributed by atoms with Gasteiger partial charge in [-0.25, -0.2) is 18.7 Å². The van der Waals surface area contributed by atoms with Crippen LogP contribution in [0.5, 0.6) is 0 Å². The van der Waals surface area contributed by atoms with Gasteiger partial charge in [-0.1, -0.05) is 6.92 Å². The second-order valence-electron chi connectivity index (χ2n) is 8.99. The van der Waals surface area contributed by atoms with Gasteiger partial charge in [0, 0.05) is 32.4 Å². The molecule has 1 amide bonds. The Bertz CT molecular complexity index is 1240. The number of piperidine rings is 1. The third kappa shape index (κ3) is 5.44. The molecule has 1 saturated heterocycles. The quantitative estimate of drug-likeness (QED) is 0.519. The van der Waals surface area contributed by atoms with Crippen LogP contribution in [0.4, 0.5) is 27.8 Å². The van der Waals surface area contributed by atoms with Crippen molar-refractivity contribution in [2.24, 2.45) is 13.0 Å². The van der Waals surface area contributed by atoms with Crippen molar-refractivity contribution in [3.8, 4) is 11.3 Å². The highest BCUT2D eigenvalue weighted by atomic mass is 19.4. The lowest BCUT2D eigenvalue weighted by Gasteiger charge is -2.43. The van der Waals surface area contributed by atoms with Crippen LogP contribution in [-0.4, -0.2) is 60.6 Å². The van der Waals surface area contributed by atoms with Crippen LogP contribution >= 0.6 is 0 Å². The zero-order valence-corrected chi connectivity index (χ0v) is 19.7. The van der Waals surface area contributed by atoms with E-state index >= 15 is 0 Å². The van der Waals surface area contributed by atoms with E-state index < -0.39 is 48.6 Å². The second-order valence-corrected chi connectivity index (χ2v) is 8.99. The van der Waals surface area contributed by atoms with Crippen molar-refractivity contribution in [2.45, 2.75) is 38.4 Å². The van der Waals surface area contributed by atoms with Crippen molar-refractivity contribution in [3.63, 3.8) is 0 Å². The molecule has 0 aromatic carbocycles. The van der Waals surface area contributed by atoms with Crippen LogP contribution in [0.15, 0.2) is 36.9 Å². The number of rotatable bonds is 5. The van der Waals surface area contributed by atoms with Gasteiger partial charge in [0.15, 0.2) is 11.4 Å². The van der Waals surface area contributed by atoms with Crippen molar-refractivity contribution < 1.29 is 26.7 Å². The molecular formula is C23H24F5N7O. The molecule has 192 valence electrons. The molecule has 1 N–H and O–H groups in total. The van der Waals surface area contributed by atoms with Gasteiger partial charge in [-0.15, -0.1) is 0 Å². The lowest BCUT2D eigenvalue weighted by molar-refractivity contribution is -0.141. The first kappa shape index (κ1) is 25.5. The fraction of sp³-hybridized carbons (Fsp3) is 0.435. The number of carbonyl (C=O) groups excluding carboxylic acids is 1. The van der Waals surface area contributed by atoms with Crippen molar-refractivity contribution in [2.75, 3.05) is 18.4 Å². The van der Waals surface area contributed by atoms with Gasteiger partial charge in [0.2, 0.25) is 0 Å². The Labute approximate surface area is 203 Å². The maximum Gasteiger partial charge on any atom is 0.434 e. The van der Waals surface area contributed by atoms with Crippen LogP contribution in [0.1, 0.15) is 35.1 Å². The Balaban J connectivity index is 1.61. The first-order valence-electron chi connectivity index (χ1n) is 11.1. The largest absolute Gasteiger partial charge is 0.434 e. The molecule has 0 bridgehead atoms. The third-order valence-corrected chi connectivity index (χ3v) is 6.00. The number of pyridine rings is 1. The van der Waals surface area contributed by atoms with Gasteiger partial charge in [-0.2, -0.15) is 18.3 Å². The van der Waals surface area contributed by atoms with Crippen LogP contribution in [0.25, 0.3) is 11.3 Å². The van der Waals surface area contributed by atoms with Crippen molar-refractivity contribution in [3.05, 3.63) is 53.9 Å². The van der Waals surface area contributed by atoms with E-state index in [0.717, 1.165) is 16.7 Å². The number of hydrogen-bond acceptors (Lipinski definition) is 6. The maximum atomic E-state index is 14.6. The Morgan fingerprint density at radius 1 is 1.22 bits per heavy atom. The van der Waals surface area contributed by atoms with E-state index in [1.807, 2.05) is 6.92 Å². The van der Waals surface area contributed by atoms with Gasteiger partial charge in [-0.3, -0.25) is 14.5 Å². The molecule has 1 aliphatic heterocycles. The number of likely N-dealkylation sites (tertiary alicyclic amines) is 1. The molecule has 13 heteroatoms. The molecule has 3 aromatic heterocycles. The summed E-state index contributed by atoms with van der Waals surface area (Å²) in [5.74, 6) is -4.40. The number of hydrogen-bond donors (Lipinski definition) is 1. The SMILES string of the molecule is Cc1ccnc(-c2cn(C)nc2C(=O)N2CC(F)(F)CC(C)C2CNc2cnc(C(F)(F)F)cn2)c1. The maximum absolute atomic E-state index is 14.6. The minimum absolute atomic E-state index is 0.0141. The minimum atomic E-state index is -4.63. The van der Waals surface area contributed by atoms with Gasteiger partial charge in [-0.05, 0) is 30.5 Å². The molecule has 2 unspecified atom stereocenters. The normalized spacial score (nSPS) is 19.8. The average Bonchev–Trinajstić information content (AvgIpc) is 3.18. The molecule has 1 fully saturated rings. The predicted octanol–water partition coefficient (Wildman–Crippen LogP) is 4.20. The standard InChI is InChI=1S/C23H24F5N7O/c1-13-4-5-29-16(6-13)15-11-34(3)33-20(15)21(36)35-12-22(24,25)7-14(2)17(35)8-31-19-10-30-18(9-32-19)23(26,27)28/h4-6,9-11,14,17H,7-8,12H2,1-3H3,(H,31,32). The topological polar surface area (TPSA) is 88.8 Å². The first-order valence-corrected chi connectivity index (χ1v) is 11.1. The second kappa shape index (κ2) is 9.43. The van der Waals surface area contributed by atoms with Crippen molar-refractivity contribution in [1.29, 1.82) is 0 Å².